The van der Waals surface area contributed by atoms with Crippen molar-refractivity contribution < 1.29 is 17.6 Å². The second kappa shape index (κ2) is 8.94. The van der Waals surface area contributed by atoms with Crippen LogP contribution in [0, 0.1) is 5.82 Å². The highest BCUT2D eigenvalue weighted by molar-refractivity contribution is 8.18. The number of amidine groups is 1. The molecule has 0 aromatic heterocycles. The fourth-order valence-electron chi connectivity index (χ4n) is 3.76. The zero-order valence-electron chi connectivity index (χ0n) is 16.7. The number of aliphatic imine (C=N–C) groups is 1. The number of carbonyl (C=O) groups is 1. The van der Waals surface area contributed by atoms with Crippen molar-refractivity contribution in [2.75, 3.05) is 0 Å². The van der Waals surface area contributed by atoms with Gasteiger partial charge in [-0.1, -0.05) is 31.4 Å². The Labute approximate surface area is 185 Å². The van der Waals surface area contributed by atoms with Gasteiger partial charge in [-0.25, -0.2) is 22.9 Å². The van der Waals surface area contributed by atoms with Crippen LogP contribution < -0.4 is 5.14 Å². The molecule has 1 saturated carbocycles. The second-order valence-electron chi connectivity index (χ2n) is 7.56. The van der Waals surface area contributed by atoms with Gasteiger partial charge in [-0.05, 0) is 72.6 Å². The fourth-order valence-corrected chi connectivity index (χ4v) is 5.33. The Hall–Kier alpha value is -2.49. The summed E-state index contributed by atoms with van der Waals surface area (Å²) in [7, 11) is -3.78. The second-order valence-corrected chi connectivity index (χ2v) is 10.1. The van der Waals surface area contributed by atoms with Crippen molar-refractivity contribution >= 4 is 44.6 Å². The molecule has 1 aliphatic heterocycles. The number of nitrogens with zero attached hydrogens (tertiary/aromatic N) is 2. The SMILES string of the molecule is NS(=O)(=O)c1ccc(/N=C2\SC(=Cc3ccc(F)cc3)C(=O)N2C2CCCCC2)cc1. The molecule has 2 aliphatic rings. The fraction of sp³-hybridized carbons (Fsp3) is 0.273. The summed E-state index contributed by atoms with van der Waals surface area (Å²) in [6.45, 7) is 0. The van der Waals surface area contributed by atoms with Gasteiger partial charge >= 0.3 is 0 Å². The van der Waals surface area contributed by atoms with E-state index in [-0.39, 0.29) is 22.7 Å². The Kier molecular flexibility index (Phi) is 6.27. The van der Waals surface area contributed by atoms with Gasteiger partial charge in [0.05, 0.1) is 15.5 Å². The summed E-state index contributed by atoms with van der Waals surface area (Å²) in [5.74, 6) is -0.442. The van der Waals surface area contributed by atoms with Crippen molar-refractivity contribution in [2.24, 2.45) is 10.1 Å². The zero-order valence-corrected chi connectivity index (χ0v) is 18.3. The highest BCUT2D eigenvalue weighted by Gasteiger charge is 2.38. The molecule has 1 saturated heterocycles. The first-order valence-electron chi connectivity index (χ1n) is 10.0. The quantitative estimate of drug-likeness (QED) is 0.686. The van der Waals surface area contributed by atoms with Gasteiger partial charge in [-0.15, -0.1) is 0 Å². The van der Waals surface area contributed by atoms with Gasteiger partial charge in [-0.3, -0.25) is 9.69 Å². The van der Waals surface area contributed by atoms with Gasteiger partial charge in [0.25, 0.3) is 5.91 Å². The number of primary sulfonamides is 1. The maximum atomic E-state index is 13.2. The molecule has 0 spiro atoms. The lowest BCUT2D eigenvalue weighted by Crippen LogP contribution is -2.40. The summed E-state index contributed by atoms with van der Waals surface area (Å²) in [6, 6.07) is 12.0. The molecule has 9 heteroatoms. The summed E-state index contributed by atoms with van der Waals surface area (Å²) in [5, 5.41) is 5.72. The van der Waals surface area contributed by atoms with Gasteiger partial charge in [0.15, 0.2) is 5.17 Å². The summed E-state index contributed by atoms with van der Waals surface area (Å²) in [5.41, 5.74) is 1.27. The van der Waals surface area contributed by atoms with Crippen LogP contribution in [-0.4, -0.2) is 30.4 Å². The van der Waals surface area contributed by atoms with Gasteiger partial charge in [-0.2, -0.15) is 0 Å². The van der Waals surface area contributed by atoms with Crippen molar-refractivity contribution in [1.82, 2.24) is 4.90 Å². The lowest BCUT2D eigenvalue weighted by Gasteiger charge is -2.30. The minimum absolute atomic E-state index is 0.00707. The van der Waals surface area contributed by atoms with Crippen LogP contribution in [0.15, 0.2) is 63.3 Å². The predicted octanol–water partition coefficient (Wildman–Crippen LogP) is 4.41. The van der Waals surface area contributed by atoms with Crippen LogP contribution in [0.2, 0.25) is 0 Å². The molecule has 2 aromatic rings. The van der Waals surface area contributed by atoms with Crippen LogP contribution in [0.4, 0.5) is 10.1 Å². The summed E-state index contributed by atoms with van der Waals surface area (Å²) >= 11 is 1.27. The molecule has 0 radical (unpaired) electrons. The highest BCUT2D eigenvalue weighted by atomic mass is 32.2. The number of amides is 1. The number of rotatable bonds is 4. The Morgan fingerprint density at radius 2 is 1.68 bits per heavy atom. The molecule has 1 heterocycles. The number of hydrogen-bond acceptors (Lipinski definition) is 5. The third kappa shape index (κ3) is 5.06. The van der Waals surface area contributed by atoms with Crippen LogP contribution in [0.25, 0.3) is 6.08 Å². The molecular formula is C22H22FN3O3S2. The van der Waals surface area contributed by atoms with Crippen molar-refractivity contribution in [3.8, 4) is 0 Å². The lowest BCUT2D eigenvalue weighted by atomic mass is 9.94. The molecule has 2 aromatic carbocycles. The van der Waals surface area contributed by atoms with Crippen molar-refractivity contribution in [3.05, 3.63) is 64.8 Å². The van der Waals surface area contributed by atoms with E-state index < -0.39 is 10.0 Å². The maximum Gasteiger partial charge on any atom is 0.267 e. The summed E-state index contributed by atoms with van der Waals surface area (Å²) in [6.07, 6.45) is 6.86. The van der Waals surface area contributed by atoms with E-state index in [0.717, 1.165) is 37.7 Å². The van der Waals surface area contributed by atoms with Crippen LogP contribution >= 0.6 is 11.8 Å². The third-order valence-electron chi connectivity index (χ3n) is 5.33. The van der Waals surface area contributed by atoms with E-state index in [1.54, 1.807) is 35.2 Å². The number of nitrogens with two attached hydrogens (primary N) is 1. The molecule has 1 amide bonds. The molecule has 6 nitrogen and oxygen atoms in total. The summed E-state index contributed by atoms with van der Waals surface area (Å²) in [4.78, 5) is 20.2. The highest BCUT2D eigenvalue weighted by Crippen LogP contribution is 2.38. The van der Waals surface area contributed by atoms with E-state index in [4.69, 9.17) is 5.14 Å². The third-order valence-corrected chi connectivity index (χ3v) is 7.25. The monoisotopic (exact) mass is 459 g/mol. The number of halogens is 1. The van der Waals surface area contributed by atoms with Crippen molar-refractivity contribution in [2.45, 2.75) is 43.0 Å². The Morgan fingerprint density at radius 3 is 2.29 bits per heavy atom. The van der Waals surface area contributed by atoms with Gasteiger partial charge in [0.2, 0.25) is 10.0 Å². The average molecular weight is 460 g/mol. The Morgan fingerprint density at radius 1 is 1.03 bits per heavy atom. The number of thioether (sulfide) groups is 1. The van der Waals surface area contributed by atoms with Crippen molar-refractivity contribution in [1.29, 1.82) is 0 Å². The molecule has 4 rings (SSSR count). The average Bonchev–Trinajstić information content (AvgIpc) is 3.04. The first-order valence-corrected chi connectivity index (χ1v) is 12.4. The number of carbonyl (C=O) groups excluding carboxylic acids is 1. The molecule has 1 aliphatic carbocycles. The molecule has 162 valence electrons. The molecular weight excluding hydrogens is 437 g/mol. The van der Waals surface area contributed by atoms with Gasteiger partial charge in [0.1, 0.15) is 5.82 Å². The number of hydrogen-bond donors (Lipinski definition) is 1. The van der Waals surface area contributed by atoms with Crippen LogP contribution in [-0.2, 0) is 14.8 Å². The molecule has 31 heavy (non-hydrogen) atoms. The Balaban J connectivity index is 1.68. The van der Waals surface area contributed by atoms with Crippen molar-refractivity contribution in [3.63, 3.8) is 0 Å². The standard InChI is InChI=1S/C22H22FN3O3S2/c23-16-8-6-15(7-9-16)14-20-21(27)26(18-4-2-1-3-5-18)22(30-20)25-17-10-12-19(13-11-17)31(24,28)29/h6-14,18H,1-5H2,(H2,24,28,29)/b20-14?,25-22-. The normalized spacial score (nSPS) is 20.7. The van der Waals surface area contributed by atoms with E-state index in [2.05, 4.69) is 4.99 Å². The smallest absolute Gasteiger partial charge is 0.267 e. The first-order chi connectivity index (χ1) is 14.8. The van der Waals surface area contributed by atoms with E-state index >= 15 is 0 Å². The van der Waals surface area contributed by atoms with E-state index in [1.165, 1.54) is 36.0 Å². The van der Waals surface area contributed by atoms with E-state index in [0.29, 0.717) is 15.8 Å². The molecule has 0 unspecified atom stereocenters. The van der Waals surface area contributed by atoms with Crippen LogP contribution in [0.1, 0.15) is 37.7 Å². The maximum absolute atomic E-state index is 13.2. The zero-order chi connectivity index (χ0) is 22.0. The topological polar surface area (TPSA) is 92.8 Å². The van der Waals surface area contributed by atoms with E-state index in [9.17, 15) is 17.6 Å². The van der Waals surface area contributed by atoms with Crippen LogP contribution in [0.5, 0.6) is 0 Å². The van der Waals surface area contributed by atoms with Gasteiger partial charge < -0.3 is 0 Å². The molecule has 0 atom stereocenters. The Bertz CT molecular complexity index is 1140. The van der Waals surface area contributed by atoms with Crippen LogP contribution in [0.3, 0.4) is 0 Å². The lowest BCUT2D eigenvalue weighted by molar-refractivity contribution is -0.124. The first kappa shape index (κ1) is 21.7. The minimum Gasteiger partial charge on any atom is -0.283 e. The number of sulfonamides is 1. The number of benzene rings is 2. The minimum atomic E-state index is -3.78. The van der Waals surface area contributed by atoms with E-state index in [1.807, 2.05) is 0 Å². The largest absolute Gasteiger partial charge is 0.283 e. The van der Waals surface area contributed by atoms with Gasteiger partial charge in [0, 0.05) is 6.04 Å². The molecule has 2 fully saturated rings. The molecule has 2 N–H and O–H groups in total. The molecule has 0 bridgehead atoms. The predicted molar refractivity (Wildman–Crippen MR) is 121 cm³/mol. The summed E-state index contributed by atoms with van der Waals surface area (Å²) < 4.78 is 36.2.